The third-order valence-corrected chi connectivity index (χ3v) is 4.19. The molecule has 1 aromatic carbocycles. The van der Waals surface area contributed by atoms with Crippen LogP contribution in [0.4, 0.5) is 4.39 Å². The van der Waals surface area contributed by atoms with Crippen molar-refractivity contribution in [1.29, 1.82) is 0 Å². The maximum absolute atomic E-state index is 13.5. The maximum Gasteiger partial charge on any atom is 0.264 e. The summed E-state index contributed by atoms with van der Waals surface area (Å²) in [6.07, 6.45) is 0. The number of carbonyl (C=O) groups is 1. The number of hydrogen-bond donors (Lipinski definition) is 1. The number of amides is 1. The minimum atomic E-state index is -4.24. The lowest BCUT2D eigenvalue weighted by molar-refractivity contribution is 0.0948. The Bertz CT molecular complexity index is 604. The smallest absolute Gasteiger partial charge is 0.264 e. The second kappa shape index (κ2) is 6.19. The fourth-order valence-electron chi connectivity index (χ4n) is 1.28. The van der Waals surface area contributed by atoms with Crippen molar-refractivity contribution in [2.75, 3.05) is 6.54 Å². The van der Waals surface area contributed by atoms with Gasteiger partial charge in [0.25, 0.3) is 15.0 Å². The molecule has 0 saturated heterocycles. The second-order valence-electron chi connectivity index (χ2n) is 4.30. The zero-order valence-electron chi connectivity index (χ0n) is 10.2. The van der Waals surface area contributed by atoms with Crippen molar-refractivity contribution in [3.63, 3.8) is 0 Å². The standard InChI is InChI=1S/C11H12BrClFNO3S/c1-6(2)5-15-11(16)7-3-10(19(13,17)18)9(14)4-8(7)12/h3-4,6H,5H2,1-2H3,(H,15,16). The Morgan fingerprint density at radius 1 is 1.47 bits per heavy atom. The molecule has 0 fully saturated rings. The van der Waals surface area contributed by atoms with Gasteiger partial charge in [-0.3, -0.25) is 4.79 Å². The maximum atomic E-state index is 13.5. The fraction of sp³-hybridized carbons (Fsp3) is 0.364. The monoisotopic (exact) mass is 371 g/mol. The Labute approximate surface area is 123 Å². The zero-order chi connectivity index (χ0) is 14.8. The van der Waals surface area contributed by atoms with Crippen molar-refractivity contribution in [2.24, 2.45) is 5.92 Å². The summed E-state index contributed by atoms with van der Waals surface area (Å²) in [5.41, 5.74) is 0.0151. The molecule has 0 radical (unpaired) electrons. The van der Waals surface area contributed by atoms with Gasteiger partial charge in [0.2, 0.25) is 0 Å². The normalized spacial score (nSPS) is 11.7. The van der Waals surface area contributed by atoms with Crippen LogP contribution in [0.1, 0.15) is 24.2 Å². The van der Waals surface area contributed by atoms with E-state index in [2.05, 4.69) is 21.2 Å². The Balaban J connectivity index is 3.19. The summed E-state index contributed by atoms with van der Waals surface area (Å²) in [4.78, 5) is 11.1. The lowest BCUT2D eigenvalue weighted by atomic mass is 10.2. The molecule has 8 heteroatoms. The molecule has 0 aliphatic heterocycles. The quantitative estimate of drug-likeness (QED) is 0.827. The number of rotatable bonds is 4. The summed E-state index contributed by atoms with van der Waals surface area (Å²) in [7, 11) is 0.864. The largest absolute Gasteiger partial charge is 0.352 e. The van der Waals surface area contributed by atoms with Crippen molar-refractivity contribution in [2.45, 2.75) is 18.7 Å². The molecule has 1 N–H and O–H groups in total. The van der Waals surface area contributed by atoms with E-state index in [1.54, 1.807) is 0 Å². The number of hydrogen-bond acceptors (Lipinski definition) is 3. The first-order chi connectivity index (χ1) is 8.62. The van der Waals surface area contributed by atoms with Crippen LogP contribution in [0, 0.1) is 11.7 Å². The predicted molar refractivity (Wildman–Crippen MR) is 74.3 cm³/mol. The summed E-state index contributed by atoms with van der Waals surface area (Å²) in [5, 5.41) is 2.61. The molecule has 0 spiro atoms. The molecule has 1 rings (SSSR count). The molecule has 4 nitrogen and oxygen atoms in total. The first-order valence-corrected chi connectivity index (χ1v) is 8.45. The van der Waals surface area contributed by atoms with Crippen molar-refractivity contribution >= 4 is 41.6 Å². The summed E-state index contributed by atoms with van der Waals surface area (Å²) in [6, 6.07) is 1.82. The molecule has 1 aromatic rings. The van der Waals surface area contributed by atoms with Crippen LogP contribution in [0.25, 0.3) is 0 Å². The minimum absolute atomic E-state index is 0.0151. The molecule has 0 unspecified atom stereocenters. The second-order valence-corrected chi connectivity index (χ2v) is 7.69. The van der Waals surface area contributed by atoms with Gasteiger partial charge in [-0.1, -0.05) is 13.8 Å². The first-order valence-electron chi connectivity index (χ1n) is 5.35. The lowest BCUT2D eigenvalue weighted by Gasteiger charge is -2.10. The highest BCUT2D eigenvalue weighted by Gasteiger charge is 2.21. The summed E-state index contributed by atoms with van der Waals surface area (Å²) < 4.78 is 36.0. The van der Waals surface area contributed by atoms with Gasteiger partial charge >= 0.3 is 0 Å². The summed E-state index contributed by atoms with van der Waals surface area (Å²) >= 11 is 3.02. The van der Waals surface area contributed by atoms with Gasteiger partial charge in [0.15, 0.2) is 0 Å². The first kappa shape index (κ1) is 16.4. The SMILES string of the molecule is CC(C)CNC(=O)c1cc(S(=O)(=O)Cl)c(F)cc1Br. The number of nitrogens with one attached hydrogen (secondary N) is 1. The molecule has 19 heavy (non-hydrogen) atoms. The molecular formula is C11H12BrClFNO3S. The van der Waals surface area contributed by atoms with Crippen LogP contribution in [0.3, 0.4) is 0 Å². The molecule has 0 aliphatic rings. The molecule has 0 aromatic heterocycles. The van der Waals surface area contributed by atoms with E-state index in [-0.39, 0.29) is 16.0 Å². The van der Waals surface area contributed by atoms with Crippen LogP contribution in [0.5, 0.6) is 0 Å². The lowest BCUT2D eigenvalue weighted by Crippen LogP contribution is -2.27. The molecule has 0 saturated carbocycles. The highest BCUT2D eigenvalue weighted by Crippen LogP contribution is 2.26. The van der Waals surface area contributed by atoms with Gasteiger partial charge in [-0.25, -0.2) is 12.8 Å². The van der Waals surface area contributed by atoms with Crippen molar-refractivity contribution < 1.29 is 17.6 Å². The van der Waals surface area contributed by atoms with Crippen molar-refractivity contribution in [1.82, 2.24) is 5.32 Å². The average molecular weight is 373 g/mol. The van der Waals surface area contributed by atoms with Gasteiger partial charge in [0.05, 0.1) is 5.56 Å². The van der Waals surface area contributed by atoms with Crippen LogP contribution >= 0.6 is 26.6 Å². The van der Waals surface area contributed by atoms with E-state index in [0.29, 0.717) is 6.54 Å². The molecule has 0 heterocycles. The van der Waals surface area contributed by atoms with Crippen LogP contribution in [-0.4, -0.2) is 20.9 Å². The number of carbonyl (C=O) groups excluding carboxylic acids is 1. The van der Waals surface area contributed by atoms with Crippen LogP contribution in [0.2, 0.25) is 0 Å². The Kier molecular flexibility index (Phi) is 5.34. The highest BCUT2D eigenvalue weighted by molar-refractivity contribution is 9.10. The zero-order valence-corrected chi connectivity index (χ0v) is 13.4. The van der Waals surface area contributed by atoms with Crippen LogP contribution in [-0.2, 0) is 9.05 Å². The van der Waals surface area contributed by atoms with E-state index in [1.807, 2.05) is 13.8 Å². The van der Waals surface area contributed by atoms with Crippen LogP contribution in [0.15, 0.2) is 21.5 Å². The van der Waals surface area contributed by atoms with E-state index >= 15 is 0 Å². The third-order valence-electron chi connectivity index (χ3n) is 2.20. The molecule has 106 valence electrons. The minimum Gasteiger partial charge on any atom is -0.352 e. The molecule has 0 atom stereocenters. The van der Waals surface area contributed by atoms with Crippen LogP contribution < -0.4 is 5.32 Å². The van der Waals surface area contributed by atoms with Gasteiger partial charge in [0, 0.05) is 21.7 Å². The Morgan fingerprint density at radius 2 is 2.05 bits per heavy atom. The predicted octanol–water partition coefficient (Wildman–Crippen LogP) is 2.90. The van der Waals surface area contributed by atoms with Gasteiger partial charge < -0.3 is 5.32 Å². The van der Waals surface area contributed by atoms with Gasteiger partial charge in [0.1, 0.15) is 10.7 Å². The van der Waals surface area contributed by atoms with Gasteiger partial charge in [-0.2, -0.15) is 0 Å². The van der Waals surface area contributed by atoms with E-state index in [9.17, 15) is 17.6 Å². The topological polar surface area (TPSA) is 63.2 Å². The molecular weight excluding hydrogens is 361 g/mol. The summed E-state index contributed by atoms with van der Waals surface area (Å²) in [5.74, 6) is -1.27. The molecule has 0 bridgehead atoms. The highest BCUT2D eigenvalue weighted by atomic mass is 79.9. The average Bonchev–Trinajstić information content (AvgIpc) is 2.24. The summed E-state index contributed by atoms with van der Waals surface area (Å²) in [6.45, 7) is 4.24. The van der Waals surface area contributed by atoms with Gasteiger partial charge in [-0.15, -0.1) is 0 Å². The van der Waals surface area contributed by atoms with Gasteiger partial charge in [-0.05, 0) is 34.0 Å². The molecule has 0 aliphatic carbocycles. The third kappa shape index (κ3) is 4.43. The fourth-order valence-corrected chi connectivity index (χ4v) is 2.68. The van der Waals surface area contributed by atoms with Crippen molar-refractivity contribution in [3.8, 4) is 0 Å². The van der Waals surface area contributed by atoms with Crippen molar-refractivity contribution in [3.05, 3.63) is 28.0 Å². The number of halogens is 3. The van der Waals surface area contributed by atoms with E-state index in [0.717, 1.165) is 12.1 Å². The van der Waals surface area contributed by atoms with E-state index in [1.165, 1.54) is 0 Å². The van der Waals surface area contributed by atoms with E-state index < -0.39 is 25.7 Å². The number of benzene rings is 1. The Hall–Kier alpha value is -0.660. The Morgan fingerprint density at radius 3 is 2.53 bits per heavy atom. The van der Waals surface area contributed by atoms with E-state index in [4.69, 9.17) is 10.7 Å². The molecule has 1 amide bonds.